The van der Waals surface area contributed by atoms with Crippen molar-refractivity contribution < 1.29 is 31.9 Å². The third-order valence-electron chi connectivity index (χ3n) is 8.74. The summed E-state index contributed by atoms with van der Waals surface area (Å²) in [6.45, 7) is 9.05. The highest BCUT2D eigenvalue weighted by molar-refractivity contribution is 5.76. The highest BCUT2D eigenvalue weighted by Crippen LogP contribution is 2.39. The summed E-state index contributed by atoms with van der Waals surface area (Å²) < 4.78 is 68.1. The predicted molar refractivity (Wildman–Crippen MR) is 146 cm³/mol. The molecule has 2 amide bonds. The Hall–Kier alpha value is -2.76. The molecule has 3 unspecified atom stereocenters. The van der Waals surface area contributed by atoms with E-state index in [-0.39, 0.29) is 23.0 Å². The number of amides is 2. The molecule has 3 atom stereocenters. The van der Waals surface area contributed by atoms with Gasteiger partial charge in [-0.15, -0.1) is 0 Å². The van der Waals surface area contributed by atoms with Gasteiger partial charge in [-0.3, -0.25) is 9.80 Å². The van der Waals surface area contributed by atoms with Gasteiger partial charge in [0.1, 0.15) is 12.5 Å². The normalized spacial score (nSPS) is 22.4. The topological polar surface area (TPSA) is 50.3 Å². The molecule has 2 aromatic carbocycles. The molecule has 1 N–H and O–H groups in total. The first kappa shape index (κ1) is 31.2. The largest absolute Gasteiger partial charge is 0.416 e. The van der Waals surface area contributed by atoms with Gasteiger partial charge in [0.25, 0.3) is 0 Å². The number of aryl methyl sites for hydroxylation is 1. The molecule has 2 saturated heterocycles. The second-order valence-corrected chi connectivity index (χ2v) is 11.3. The fourth-order valence-electron chi connectivity index (χ4n) is 6.04. The van der Waals surface area contributed by atoms with E-state index < -0.39 is 36.2 Å². The van der Waals surface area contributed by atoms with E-state index >= 15 is 0 Å². The lowest BCUT2D eigenvalue weighted by Crippen LogP contribution is -2.57. The highest BCUT2D eigenvalue weighted by atomic mass is 19.4. The molecule has 226 valence electrons. The van der Waals surface area contributed by atoms with E-state index in [1.54, 1.807) is 17.9 Å². The van der Waals surface area contributed by atoms with Crippen LogP contribution in [0.3, 0.4) is 0 Å². The van der Waals surface area contributed by atoms with Crippen molar-refractivity contribution in [3.8, 4) is 0 Å². The van der Waals surface area contributed by atoms with Crippen LogP contribution in [0.15, 0.2) is 36.4 Å². The van der Waals surface area contributed by atoms with Crippen LogP contribution in [-0.4, -0.2) is 83.1 Å². The number of halogens is 5. The number of aliphatic hydroxyl groups is 1. The van der Waals surface area contributed by atoms with Crippen LogP contribution in [0.2, 0.25) is 0 Å². The number of piperazine rings is 1. The van der Waals surface area contributed by atoms with Gasteiger partial charge in [-0.2, -0.15) is 13.2 Å². The van der Waals surface area contributed by atoms with E-state index in [0.29, 0.717) is 31.0 Å². The summed E-state index contributed by atoms with van der Waals surface area (Å²) in [5.41, 5.74) is -2.30. The lowest BCUT2D eigenvalue weighted by Gasteiger charge is -2.48. The molecule has 0 bridgehead atoms. The number of likely N-dealkylation sites (tertiary alicyclic amines) is 1. The lowest BCUT2D eigenvalue weighted by molar-refractivity contribution is -0.138. The number of nitrogens with zero attached hydrogens (tertiary/aromatic N) is 4. The first-order valence-electron chi connectivity index (χ1n) is 14.0. The predicted octanol–water partition coefficient (Wildman–Crippen LogP) is 5.68. The van der Waals surface area contributed by atoms with E-state index in [1.165, 1.54) is 26.1 Å². The van der Waals surface area contributed by atoms with Crippen LogP contribution in [-0.2, 0) is 18.6 Å². The van der Waals surface area contributed by atoms with Gasteiger partial charge in [-0.25, -0.2) is 13.6 Å². The first-order valence-corrected chi connectivity index (χ1v) is 14.0. The average Bonchev–Trinajstić information content (AvgIpc) is 2.95. The van der Waals surface area contributed by atoms with Gasteiger partial charge >= 0.3 is 12.2 Å². The Kier molecular flexibility index (Phi) is 9.30. The van der Waals surface area contributed by atoms with Crippen LogP contribution in [0, 0.1) is 12.7 Å². The van der Waals surface area contributed by atoms with Crippen molar-refractivity contribution in [2.75, 3.05) is 46.3 Å². The summed E-state index contributed by atoms with van der Waals surface area (Å²) in [6, 6.07) is 6.19. The number of likely N-dealkylation sites (N-methyl/N-ethyl adjacent to an activating group) is 1. The Morgan fingerprint density at radius 2 is 1.71 bits per heavy atom. The van der Waals surface area contributed by atoms with E-state index in [0.717, 1.165) is 55.3 Å². The van der Waals surface area contributed by atoms with Crippen molar-refractivity contribution in [3.05, 3.63) is 70.0 Å². The van der Waals surface area contributed by atoms with Crippen molar-refractivity contribution in [1.29, 1.82) is 0 Å². The second kappa shape index (κ2) is 12.2. The zero-order chi connectivity index (χ0) is 30.1. The van der Waals surface area contributed by atoms with Crippen LogP contribution in [0.5, 0.6) is 0 Å². The number of hydrogen-bond donors (Lipinski definition) is 1. The summed E-state index contributed by atoms with van der Waals surface area (Å²) in [5.74, 6) is -0.388. The van der Waals surface area contributed by atoms with Crippen molar-refractivity contribution in [3.63, 3.8) is 0 Å². The van der Waals surface area contributed by atoms with Gasteiger partial charge in [0.15, 0.2) is 5.72 Å². The molecule has 2 aliphatic rings. The lowest BCUT2D eigenvalue weighted by atomic mass is 9.88. The van der Waals surface area contributed by atoms with E-state index in [9.17, 15) is 31.9 Å². The van der Waals surface area contributed by atoms with Crippen molar-refractivity contribution in [2.45, 2.75) is 64.3 Å². The summed E-state index contributed by atoms with van der Waals surface area (Å²) in [7, 11) is 1.32. The molecule has 0 aromatic heterocycles. The van der Waals surface area contributed by atoms with Gasteiger partial charge in [0, 0.05) is 51.4 Å². The van der Waals surface area contributed by atoms with Gasteiger partial charge in [0.2, 0.25) is 0 Å². The van der Waals surface area contributed by atoms with Crippen molar-refractivity contribution >= 4 is 6.03 Å². The minimum atomic E-state index is -4.76. The molecular weight excluding hydrogens is 543 g/mol. The number of carbonyl (C=O) groups is 1. The van der Waals surface area contributed by atoms with Gasteiger partial charge < -0.3 is 14.9 Å². The molecule has 0 radical (unpaired) electrons. The maximum Gasteiger partial charge on any atom is 0.416 e. The summed E-state index contributed by atoms with van der Waals surface area (Å²) in [6.07, 6.45) is -3.48. The molecule has 41 heavy (non-hydrogen) atoms. The zero-order valence-corrected chi connectivity index (χ0v) is 24.0. The number of carbonyl (C=O) groups excluding carboxylic acids is 1. The Balaban J connectivity index is 1.64. The van der Waals surface area contributed by atoms with Gasteiger partial charge in [-0.1, -0.05) is 13.0 Å². The number of benzene rings is 2. The fraction of sp³-hybridized carbons (Fsp3) is 0.567. The first-order chi connectivity index (χ1) is 19.3. The number of rotatable bonds is 6. The molecule has 2 fully saturated rings. The Morgan fingerprint density at radius 3 is 2.29 bits per heavy atom. The highest BCUT2D eigenvalue weighted by Gasteiger charge is 2.42. The van der Waals surface area contributed by atoms with Gasteiger partial charge in [-0.05, 0) is 80.3 Å². The summed E-state index contributed by atoms with van der Waals surface area (Å²) in [5, 5.41) is 11.4. The third-order valence-corrected chi connectivity index (χ3v) is 8.74. The van der Waals surface area contributed by atoms with Crippen molar-refractivity contribution in [2.24, 2.45) is 0 Å². The Labute approximate surface area is 238 Å². The molecule has 6 nitrogen and oxygen atoms in total. The molecular formula is C30H39F5N4O2. The third kappa shape index (κ3) is 6.67. The van der Waals surface area contributed by atoms with Crippen LogP contribution < -0.4 is 0 Å². The Bertz CT molecular complexity index is 1230. The van der Waals surface area contributed by atoms with Crippen molar-refractivity contribution in [1.82, 2.24) is 19.6 Å². The number of urea groups is 1. The summed E-state index contributed by atoms with van der Waals surface area (Å²) in [4.78, 5) is 21.4. The van der Waals surface area contributed by atoms with E-state index in [4.69, 9.17) is 0 Å². The standard InChI is InChI=1S/C30H39F5N4O2/c1-5-37-10-12-38(13-11-37)25-8-9-39(27(18-25)26-7-6-24(32)14-20(26)2)28(40)36(4)29(3,41)22-15-21(19-31)16-23(17-22)30(33,34)35/h6-7,14-17,25,27,41H,5,8-13,18-19H2,1-4H3. The SMILES string of the molecule is CCN1CCN(C2CCN(C(=O)N(C)C(C)(O)c3cc(CF)cc(C(F)(F)F)c3)C(c3ccc(F)cc3C)C2)CC1. The molecule has 0 saturated carbocycles. The molecule has 0 spiro atoms. The minimum Gasteiger partial charge on any atom is -0.367 e. The van der Waals surface area contributed by atoms with Crippen LogP contribution >= 0.6 is 0 Å². The zero-order valence-electron chi connectivity index (χ0n) is 24.0. The molecule has 2 aliphatic heterocycles. The number of piperidine rings is 1. The summed E-state index contributed by atoms with van der Waals surface area (Å²) >= 11 is 0. The monoisotopic (exact) mass is 582 g/mol. The molecule has 4 rings (SSSR count). The average molecular weight is 583 g/mol. The maximum absolute atomic E-state index is 14.0. The Morgan fingerprint density at radius 1 is 1.05 bits per heavy atom. The second-order valence-electron chi connectivity index (χ2n) is 11.3. The fourth-order valence-corrected chi connectivity index (χ4v) is 6.04. The number of hydrogen-bond acceptors (Lipinski definition) is 4. The quantitative estimate of drug-likeness (QED) is 0.352. The van der Waals surface area contributed by atoms with Gasteiger partial charge in [0.05, 0.1) is 11.6 Å². The van der Waals surface area contributed by atoms with Crippen LogP contribution in [0.4, 0.5) is 26.7 Å². The van der Waals surface area contributed by atoms with E-state index in [1.807, 2.05) is 0 Å². The minimum absolute atomic E-state index is 0.189. The smallest absolute Gasteiger partial charge is 0.367 e. The maximum atomic E-state index is 14.0. The van der Waals surface area contributed by atoms with E-state index in [2.05, 4.69) is 16.7 Å². The molecule has 0 aliphatic carbocycles. The van der Waals surface area contributed by atoms with Crippen LogP contribution in [0.25, 0.3) is 0 Å². The van der Waals surface area contributed by atoms with Crippen LogP contribution in [0.1, 0.15) is 60.5 Å². The molecule has 2 aromatic rings. The number of alkyl halides is 4. The molecule has 11 heteroatoms. The molecule has 2 heterocycles.